The van der Waals surface area contributed by atoms with Gasteiger partial charge in [-0.2, -0.15) is 0 Å². The van der Waals surface area contributed by atoms with Gasteiger partial charge in [-0.15, -0.1) is 0 Å². The zero-order valence-electron chi connectivity index (χ0n) is 22.1. The molecule has 0 unspecified atom stereocenters. The van der Waals surface area contributed by atoms with Gasteiger partial charge >= 0.3 is 0 Å². The fourth-order valence-corrected chi connectivity index (χ4v) is 4.93. The van der Waals surface area contributed by atoms with Crippen LogP contribution in [-0.4, -0.2) is 21.7 Å². The molecular weight excluding hydrogens is 470 g/mol. The molecule has 0 saturated heterocycles. The first-order valence-corrected chi connectivity index (χ1v) is 12.7. The lowest BCUT2D eigenvalue weighted by molar-refractivity contribution is 0.0987. The third kappa shape index (κ3) is 4.75. The molecule has 5 heteroatoms. The van der Waals surface area contributed by atoms with Gasteiger partial charge in [-0.05, 0) is 64.4 Å². The number of ketones is 1. The van der Waals surface area contributed by atoms with Crippen molar-refractivity contribution in [3.63, 3.8) is 0 Å². The van der Waals surface area contributed by atoms with E-state index in [1.807, 2.05) is 67.6 Å². The minimum Gasteiger partial charge on any atom is -0.366 e. The molecule has 190 valence electrons. The van der Waals surface area contributed by atoms with E-state index < -0.39 is 5.91 Å². The molecule has 0 saturated carbocycles. The van der Waals surface area contributed by atoms with E-state index >= 15 is 0 Å². The summed E-state index contributed by atoms with van der Waals surface area (Å²) in [4.78, 5) is 33.0. The monoisotopic (exact) mass is 501 g/mol. The van der Waals surface area contributed by atoms with Gasteiger partial charge in [0.15, 0.2) is 5.78 Å². The molecular formula is C33H31N3O2. The van der Waals surface area contributed by atoms with E-state index in [1.165, 1.54) is 5.56 Å². The van der Waals surface area contributed by atoms with Gasteiger partial charge in [0.2, 0.25) is 0 Å². The number of nitrogens with one attached hydrogen (secondary N) is 1. The summed E-state index contributed by atoms with van der Waals surface area (Å²) in [6, 6.07) is 23.5. The zero-order chi connectivity index (χ0) is 27.0. The normalized spacial score (nSPS) is 11.6. The Morgan fingerprint density at radius 1 is 0.921 bits per heavy atom. The third-order valence-corrected chi connectivity index (χ3v) is 7.19. The predicted octanol–water partition coefficient (Wildman–Crippen LogP) is 7.03. The number of fused-ring (bicyclic) bond motifs is 1. The molecule has 0 aliphatic heterocycles. The first kappa shape index (κ1) is 25.2. The highest BCUT2D eigenvalue weighted by atomic mass is 16.1. The number of Topliss-reactive ketones (excluding diaryl/α,β-unsaturated/α-hetero) is 1. The first-order valence-electron chi connectivity index (χ1n) is 12.7. The summed E-state index contributed by atoms with van der Waals surface area (Å²) in [5.74, 6) is -0.407. The fourth-order valence-electron chi connectivity index (χ4n) is 4.93. The number of hydrogen-bond donors (Lipinski definition) is 2. The minimum atomic E-state index is -0.491. The zero-order valence-corrected chi connectivity index (χ0v) is 22.1. The first-order chi connectivity index (χ1) is 18.1. The summed E-state index contributed by atoms with van der Waals surface area (Å²) in [5.41, 5.74) is 14.5. The highest BCUT2D eigenvalue weighted by molar-refractivity contribution is 6.10. The Balaban J connectivity index is 1.54. The van der Waals surface area contributed by atoms with Crippen LogP contribution in [0.1, 0.15) is 58.2 Å². The number of amides is 1. The maximum absolute atomic E-state index is 13.2. The number of rotatable bonds is 6. The van der Waals surface area contributed by atoms with Crippen molar-refractivity contribution in [2.45, 2.75) is 39.5 Å². The van der Waals surface area contributed by atoms with E-state index in [0.29, 0.717) is 23.1 Å². The van der Waals surface area contributed by atoms with E-state index in [4.69, 9.17) is 5.73 Å². The number of primary amides is 1. The molecule has 3 aromatic carbocycles. The molecule has 0 atom stereocenters. The predicted molar refractivity (Wildman–Crippen MR) is 153 cm³/mol. The number of carbonyl (C=O) groups excluding carboxylic acids is 2. The lowest BCUT2D eigenvalue weighted by atomic mass is 9.86. The van der Waals surface area contributed by atoms with Crippen molar-refractivity contribution in [2.75, 3.05) is 0 Å². The Morgan fingerprint density at radius 3 is 2.34 bits per heavy atom. The maximum Gasteiger partial charge on any atom is 0.250 e. The van der Waals surface area contributed by atoms with Crippen LogP contribution in [0.4, 0.5) is 0 Å². The van der Waals surface area contributed by atoms with Crippen LogP contribution in [0.2, 0.25) is 0 Å². The molecule has 0 bridgehead atoms. The minimum absolute atomic E-state index is 0.0387. The topological polar surface area (TPSA) is 88.8 Å². The second kappa shape index (κ2) is 9.75. The molecule has 3 N–H and O–H groups in total. The molecule has 1 amide bonds. The van der Waals surface area contributed by atoms with Gasteiger partial charge in [-0.1, -0.05) is 69.3 Å². The largest absolute Gasteiger partial charge is 0.366 e. The molecule has 0 spiro atoms. The second-order valence-electron chi connectivity index (χ2n) is 10.8. The molecule has 2 aromatic heterocycles. The Bertz CT molecular complexity index is 1660. The SMILES string of the molecule is Cc1c(CC(=O)c2ccc(C(C)(C)C)cc2)cccc1-c1ccc(C(N)=O)c2[nH]c(-c3cccnc3)cc12. The number of carbonyl (C=O) groups is 2. The average Bonchev–Trinajstić information content (AvgIpc) is 3.35. The summed E-state index contributed by atoms with van der Waals surface area (Å²) in [6.45, 7) is 8.53. The second-order valence-corrected chi connectivity index (χ2v) is 10.8. The van der Waals surface area contributed by atoms with Crippen molar-refractivity contribution in [3.8, 4) is 22.4 Å². The smallest absolute Gasteiger partial charge is 0.250 e. The van der Waals surface area contributed by atoms with Gasteiger partial charge in [0, 0.05) is 41.0 Å². The highest BCUT2D eigenvalue weighted by Gasteiger charge is 2.19. The lowest BCUT2D eigenvalue weighted by Gasteiger charge is -2.19. The van der Waals surface area contributed by atoms with E-state index in [-0.39, 0.29) is 11.2 Å². The number of nitrogens with zero attached hydrogens (tertiary/aromatic N) is 1. The van der Waals surface area contributed by atoms with Crippen LogP contribution >= 0.6 is 0 Å². The van der Waals surface area contributed by atoms with Gasteiger partial charge in [0.1, 0.15) is 0 Å². The fraction of sp³-hybridized carbons (Fsp3) is 0.182. The third-order valence-electron chi connectivity index (χ3n) is 7.19. The van der Waals surface area contributed by atoms with Gasteiger partial charge in [0.25, 0.3) is 5.91 Å². The molecule has 5 nitrogen and oxygen atoms in total. The summed E-state index contributed by atoms with van der Waals surface area (Å²) in [7, 11) is 0. The summed E-state index contributed by atoms with van der Waals surface area (Å²) < 4.78 is 0. The van der Waals surface area contributed by atoms with E-state index in [2.05, 4.69) is 36.8 Å². The van der Waals surface area contributed by atoms with Gasteiger partial charge < -0.3 is 10.7 Å². The van der Waals surface area contributed by atoms with E-state index in [1.54, 1.807) is 18.5 Å². The number of hydrogen-bond acceptors (Lipinski definition) is 3. The number of pyridine rings is 1. The lowest BCUT2D eigenvalue weighted by Crippen LogP contribution is -2.12. The van der Waals surface area contributed by atoms with Crippen molar-refractivity contribution in [1.29, 1.82) is 0 Å². The van der Waals surface area contributed by atoms with Crippen LogP contribution in [0.3, 0.4) is 0 Å². The maximum atomic E-state index is 13.2. The van der Waals surface area contributed by atoms with Crippen LogP contribution in [0.5, 0.6) is 0 Å². The summed E-state index contributed by atoms with van der Waals surface area (Å²) >= 11 is 0. The van der Waals surface area contributed by atoms with Crippen molar-refractivity contribution < 1.29 is 9.59 Å². The van der Waals surface area contributed by atoms with Crippen molar-refractivity contribution in [2.24, 2.45) is 5.73 Å². The molecule has 5 rings (SSSR count). The standard InChI is InChI=1S/C33H31N3O2/c1-20-22(17-30(37)21-10-12-24(13-11-21)33(2,3)4)7-5-9-25(20)26-14-15-27(32(34)38)31-28(26)18-29(36-31)23-8-6-16-35-19-23/h5-16,18-19,36H,17H2,1-4H3,(H2,34,38). The molecule has 38 heavy (non-hydrogen) atoms. The molecule has 0 aliphatic rings. The van der Waals surface area contributed by atoms with Gasteiger partial charge in [0.05, 0.1) is 11.1 Å². The number of benzene rings is 3. The van der Waals surface area contributed by atoms with Crippen LogP contribution in [0.15, 0.2) is 85.2 Å². The Labute approximate surface area is 222 Å². The van der Waals surface area contributed by atoms with E-state index in [0.717, 1.165) is 38.9 Å². The Kier molecular flexibility index (Phi) is 6.45. The number of nitrogens with two attached hydrogens (primary N) is 1. The quantitative estimate of drug-likeness (QED) is 0.245. The number of aromatic amines is 1. The van der Waals surface area contributed by atoms with E-state index in [9.17, 15) is 9.59 Å². The van der Waals surface area contributed by atoms with Gasteiger partial charge in [-0.3, -0.25) is 14.6 Å². The average molecular weight is 502 g/mol. The van der Waals surface area contributed by atoms with Crippen LogP contribution < -0.4 is 5.73 Å². The van der Waals surface area contributed by atoms with Crippen LogP contribution in [0, 0.1) is 6.92 Å². The molecule has 2 heterocycles. The van der Waals surface area contributed by atoms with Gasteiger partial charge in [-0.25, -0.2) is 0 Å². The van der Waals surface area contributed by atoms with Crippen molar-refractivity contribution >= 4 is 22.6 Å². The Hall–Kier alpha value is -4.51. The summed E-state index contributed by atoms with van der Waals surface area (Å²) in [6.07, 6.45) is 3.81. The molecule has 0 aliphatic carbocycles. The molecule has 5 aromatic rings. The molecule has 0 radical (unpaired) electrons. The van der Waals surface area contributed by atoms with Crippen molar-refractivity contribution in [1.82, 2.24) is 9.97 Å². The number of H-pyrrole nitrogens is 1. The van der Waals surface area contributed by atoms with Crippen LogP contribution in [0.25, 0.3) is 33.3 Å². The Morgan fingerprint density at radius 2 is 1.68 bits per heavy atom. The number of aromatic nitrogens is 2. The molecule has 0 fully saturated rings. The van der Waals surface area contributed by atoms with Crippen molar-refractivity contribution in [3.05, 3.63) is 113 Å². The highest BCUT2D eigenvalue weighted by Crippen LogP contribution is 2.36. The van der Waals surface area contributed by atoms with Crippen LogP contribution in [-0.2, 0) is 11.8 Å². The summed E-state index contributed by atoms with van der Waals surface area (Å²) in [5, 5.41) is 0.893.